The van der Waals surface area contributed by atoms with Gasteiger partial charge in [0.1, 0.15) is 13.2 Å². The van der Waals surface area contributed by atoms with E-state index in [-0.39, 0.29) is 31.1 Å². The van der Waals surface area contributed by atoms with E-state index in [1.165, 1.54) is 89.9 Å². The van der Waals surface area contributed by atoms with Gasteiger partial charge in [-0.05, 0) is 89.9 Å². The van der Waals surface area contributed by atoms with Crippen molar-refractivity contribution in [2.75, 3.05) is 13.2 Å². The molecule has 0 aromatic heterocycles. The van der Waals surface area contributed by atoms with Gasteiger partial charge in [0.2, 0.25) is 0 Å². The fourth-order valence-corrected chi connectivity index (χ4v) is 7.73. The third-order valence-electron chi connectivity index (χ3n) is 12.0. The van der Waals surface area contributed by atoms with Crippen LogP contribution in [0.3, 0.4) is 0 Å². The molecule has 0 radical (unpaired) electrons. The van der Waals surface area contributed by atoms with Gasteiger partial charge in [-0.2, -0.15) is 0 Å². The summed E-state index contributed by atoms with van der Waals surface area (Å²) >= 11 is 0. The summed E-state index contributed by atoms with van der Waals surface area (Å²) < 4.78 is 16.7. The van der Waals surface area contributed by atoms with Gasteiger partial charge in [0.05, 0.1) is 0 Å². The predicted octanol–water partition coefficient (Wildman–Crippen LogP) is 19.5. The lowest BCUT2D eigenvalue weighted by Gasteiger charge is -2.18. The van der Waals surface area contributed by atoms with Crippen molar-refractivity contribution in [3.05, 3.63) is 109 Å². The number of ether oxygens (including phenoxy) is 3. The quantitative estimate of drug-likeness (QED) is 0.0262. The SMILES string of the molecule is CC/C=C\C/C=C\C/C=C\C/C=C\C/C=C\C/C=C\C/C=C\C/C=C\C/C=C\CCCCCCCCCC(=O)OCC(COC(=O)CCCCCCC)OC(=O)CCCCCCCCCCCCCC. The van der Waals surface area contributed by atoms with Crippen molar-refractivity contribution < 1.29 is 28.6 Å². The fraction of sp³-hybridized carbons (Fsp3) is 0.672. The molecule has 0 bridgehead atoms. The normalized spacial score (nSPS) is 12.9. The summed E-state index contributed by atoms with van der Waals surface area (Å²) in [5, 5.41) is 0. The lowest BCUT2D eigenvalue weighted by Crippen LogP contribution is -2.30. The minimum Gasteiger partial charge on any atom is -0.462 e. The highest BCUT2D eigenvalue weighted by molar-refractivity contribution is 5.71. The zero-order valence-electron chi connectivity index (χ0n) is 45.5. The summed E-state index contributed by atoms with van der Waals surface area (Å²) in [6.07, 6.45) is 78.5. The second-order valence-electron chi connectivity index (χ2n) is 18.8. The highest BCUT2D eigenvalue weighted by Crippen LogP contribution is 2.15. The molecule has 0 fully saturated rings. The van der Waals surface area contributed by atoms with Crippen molar-refractivity contribution in [3.63, 3.8) is 0 Å². The van der Waals surface area contributed by atoms with Crippen molar-refractivity contribution in [1.82, 2.24) is 0 Å². The van der Waals surface area contributed by atoms with E-state index >= 15 is 0 Å². The van der Waals surface area contributed by atoms with Gasteiger partial charge in [0.25, 0.3) is 0 Å². The average Bonchev–Trinajstić information content (AvgIpc) is 3.36. The predicted molar refractivity (Wildman–Crippen MR) is 302 cm³/mol. The van der Waals surface area contributed by atoms with Crippen molar-refractivity contribution in [3.8, 4) is 0 Å². The molecule has 0 spiro atoms. The van der Waals surface area contributed by atoms with Gasteiger partial charge >= 0.3 is 17.9 Å². The number of carbonyl (C=O) groups is 3. The van der Waals surface area contributed by atoms with Crippen LogP contribution in [0.5, 0.6) is 0 Å². The Balaban J connectivity index is 4.04. The lowest BCUT2D eigenvalue weighted by molar-refractivity contribution is -0.167. The van der Waals surface area contributed by atoms with Gasteiger partial charge < -0.3 is 14.2 Å². The summed E-state index contributed by atoms with van der Waals surface area (Å²) in [5.41, 5.74) is 0. The Bertz CT molecular complexity index is 1440. The third-order valence-corrected chi connectivity index (χ3v) is 12.0. The number of hydrogen-bond donors (Lipinski definition) is 0. The Hall–Kier alpha value is -3.93. The number of allylic oxidation sites excluding steroid dienone is 18. The minimum absolute atomic E-state index is 0.0801. The summed E-state index contributed by atoms with van der Waals surface area (Å²) in [5.74, 6) is -0.906. The molecule has 6 nitrogen and oxygen atoms in total. The number of carbonyl (C=O) groups excluding carboxylic acids is 3. The van der Waals surface area contributed by atoms with E-state index in [4.69, 9.17) is 14.2 Å². The molecule has 70 heavy (non-hydrogen) atoms. The number of rotatable bonds is 51. The number of unbranched alkanes of at least 4 members (excludes halogenated alkanes) is 22. The molecule has 0 aromatic carbocycles. The molecule has 0 amide bonds. The molecule has 0 aliphatic rings. The molecule has 0 aliphatic carbocycles. The molecule has 0 saturated heterocycles. The van der Waals surface area contributed by atoms with Crippen LogP contribution in [0.25, 0.3) is 0 Å². The maximum atomic E-state index is 12.7. The summed E-state index contributed by atoms with van der Waals surface area (Å²) in [7, 11) is 0. The monoisotopic (exact) mass is 971 g/mol. The number of esters is 3. The highest BCUT2D eigenvalue weighted by Gasteiger charge is 2.19. The van der Waals surface area contributed by atoms with Crippen LogP contribution in [-0.2, 0) is 28.6 Å². The smallest absolute Gasteiger partial charge is 0.306 e. The number of hydrogen-bond acceptors (Lipinski definition) is 6. The molecule has 0 saturated carbocycles. The second kappa shape index (κ2) is 57.6. The van der Waals surface area contributed by atoms with Crippen LogP contribution in [0.15, 0.2) is 109 Å². The first kappa shape index (κ1) is 66.1. The Morgan fingerprint density at radius 3 is 0.871 bits per heavy atom. The molecular weight excluding hydrogens is 865 g/mol. The van der Waals surface area contributed by atoms with Gasteiger partial charge in [0, 0.05) is 19.3 Å². The van der Waals surface area contributed by atoms with Gasteiger partial charge in [-0.3, -0.25) is 14.4 Å². The van der Waals surface area contributed by atoms with Crippen LogP contribution in [0.4, 0.5) is 0 Å². The molecule has 6 heteroatoms. The largest absolute Gasteiger partial charge is 0.462 e. The highest BCUT2D eigenvalue weighted by atomic mass is 16.6. The van der Waals surface area contributed by atoms with E-state index in [1.807, 2.05) is 0 Å². The van der Waals surface area contributed by atoms with E-state index in [0.29, 0.717) is 19.3 Å². The van der Waals surface area contributed by atoms with Gasteiger partial charge in [-0.1, -0.05) is 259 Å². The Morgan fingerprint density at radius 1 is 0.300 bits per heavy atom. The van der Waals surface area contributed by atoms with Crippen molar-refractivity contribution in [2.45, 2.75) is 264 Å². The first-order valence-electron chi connectivity index (χ1n) is 28.9. The fourth-order valence-electron chi connectivity index (χ4n) is 7.73. The van der Waals surface area contributed by atoms with E-state index in [9.17, 15) is 14.4 Å². The van der Waals surface area contributed by atoms with Crippen LogP contribution < -0.4 is 0 Å². The minimum atomic E-state index is -0.776. The van der Waals surface area contributed by atoms with Crippen LogP contribution in [0.2, 0.25) is 0 Å². The lowest BCUT2D eigenvalue weighted by atomic mass is 10.0. The van der Waals surface area contributed by atoms with Crippen molar-refractivity contribution >= 4 is 17.9 Å². The Morgan fingerprint density at radius 2 is 0.557 bits per heavy atom. The Kier molecular flexibility index (Phi) is 54.4. The van der Waals surface area contributed by atoms with E-state index in [0.717, 1.165) is 128 Å². The van der Waals surface area contributed by atoms with Crippen molar-refractivity contribution in [1.29, 1.82) is 0 Å². The topological polar surface area (TPSA) is 78.9 Å². The summed E-state index contributed by atoms with van der Waals surface area (Å²) in [6.45, 7) is 6.42. The molecule has 0 aliphatic heterocycles. The van der Waals surface area contributed by atoms with Crippen LogP contribution in [-0.4, -0.2) is 37.2 Å². The van der Waals surface area contributed by atoms with Crippen molar-refractivity contribution in [2.24, 2.45) is 0 Å². The molecule has 0 N–H and O–H groups in total. The van der Waals surface area contributed by atoms with E-state index in [1.54, 1.807) is 0 Å². The first-order chi connectivity index (χ1) is 34.5. The van der Waals surface area contributed by atoms with E-state index < -0.39 is 6.10 Å². The zero-order chi connectivity index (χ0) is 50.7. The molecule has 0 heterocycles. The van der Waals surface area contributed by atoms with Crippen LogP contribution in [0, 0.1) is 0 Å². The second-order valence-corrected chi connectivity index (χ2v) is 18.8. The molecule has 0 rings (SSSR count). The summed E-state index contributed by atoms with van der Waals surface area (Å²) in [4.78, 5) is 37.7. The van der Waals surface area contributed by atoms with E-state index in [2.05, 4.69) is 130 Å². The molecule has 1 atom stereocenters. The first-order valence-corrected chi connectivity index (χ1v) is 28.9. The maximum absolute atomic E-state index is 12.7. The van der Waals surface area contributed by atoms with Gasteiger partial charge in [-0.15, -0.1) is 0 Å². The zero-order valence-corrected chi connectivity index (χ0v) is 45.5. The third kappa shape index (κ3) is 55.0. The summed E-state index contributed by atoms with van der Waals surface area (Å²) in [6, 6.07) is 0. The average molecular weight is 972 g/mol. The molecular formula is C64H106O6. The standard InChI is InChI=1S/C64H106O6/c1-4-7-10-13-15-17-19-21-22-23-24-25-26-27-28-29-30-31-32-33-34-35-36-37-38-39-40-41-42-43-45-46-48-51-54-57-63(66)69-60-61(59-68-62(65)56-53-50-12-9-6-3)70-64(67)58-55-52-49-47-44-20-18-16-14-11-8-5-2/h7,10,15,17,21-22,24-25,27-28,30-31,33-34,36-37,39-40,61H,4-6,8-9,11-14,16,18-20,23,26,29,32,35,38,41-60H2,1-3H3/b10-7-,17-15-,22-21-,25-24-,28-27-,31-30-,34-33-,37-36-,40-39-. The molecule has 1 unspecified atom stereocenters. The van der Waals surface area contributed by atoms with Crippen LogP contribution >= 0.6 is 0 Å². The molecule has 0 aromatic rings. The van der Waals surface area contributed by atoms with Gasteiger partial charge in [-0.25, -0.2) is 0 Å². The maximum Gasteiger partial charge on any atom is 0.306 e. The van der Waals surface area contributed by atoms with Gasteiger partial charge in [0.15, 0.2) is 6.10 Å². The van der Waals surface area contributed by atoms with Crippen LogP contribution in [0.1, 0.15) is 258 Å². The Labute approximate surface area is 431 Å². The molecule has 398 valence electrons.